The van der Waals surface area contributed by atoms with E-state index in [0.717, 1.165) is 39.1 Å². The van der Waals surface area contributed by atoms with Gasteiger partial charge in [-0.05, 0) is 73.6 Å². The third kappa shape index (κ3) is 4.31. The fraction of sp³-hybridized carbons (Fsp3) is 0.207. The van der Waals surface area contributed by atoms with Crippen LogP contribution in [0, 0.1) is 5.82 Å². The molecule has 0 aliphatic carbocycles. The van der Waals surface area contributed by atoms with E-state index in [1.165, 1.54) is 12.1 Å². The van der Waals surface area contributed by atoms with Crippen molar-refractivity contribution in [2.75, 3.05) is 14.1 Å². The molecule has 3 heterocycles. The molecule has 0 amide bonds. The van der Waals surface area contributed by atoms with Gasteiger partial charge in [0.2, 0.25) is 0 Å². The molecule has 3 aromatic carbocycles. The summed E-state index contributed by atoms with van der Waals surface area (Å²) >= 11 is 0. The number of hydrogen-bond donors (Lipinski definition) is 1. The summed E-state index contributed by atoms with van der Waals surface area (Å²) in [5.41, 5.74) is 7.18. The van der Waals surface area contributed by atoms with Gasteiger partial charge in [-0.15, -0.1) is 0 Å². The van der Waals surface area contributed by atoms with Crippen LogP contribution in [-0.4, -0.2) is 38.7 Å². The van der Waals surface area contributed by atoms with Gasteiger partial charge in [0.15, 0.2) is 5.82 Å². The van der Waals surface area contributed by atoms with E-state index in [0.29, 0.717) is 35.8 Å². The first-order valence-electron chi connectivity index (χ1n) is 12.3. The maximum Gasteiger partial charge on any atom is 0.439 e. The molecule has 0 fully saturated rings. The van der Waals surface area contributed by atoms with E-state index in [1.807, 2.05) is 45.3 Å². The summed E-state index contributed by atoms with van der Waals surface area (Å²) < 4.78 is 27.3. The topological polar surface area (TPSA) is 89.2 Å². The number of benzene rings is 3. The van der Waals surface area contributed by atoms with Crippen molar-refractivity contribution in [3.63, 3.8) is 0 Å². The molecule has 2 aromatic heterocycles. The molecule has 6 rings (SSSR count). The van der Waals surface area contributed by atoms with E-state index in [-0.39, 0.29) is 12.4 Å². The molecule has 192 valence electrons. The van der Waals surface area contributed by atoms with Crippen LogP contribution in [0.4, 0.5) is 4.39 Å². The number of imidazole rings is 1. The Kier molecular flexibility index (Phi) is 5.92. The fourth-order valence-corrected chi connectivity index (χ4v) is 5.03. The van der Waals surface area contributed by atoms with Crippen LogP contribution in [0.15, 0.2) is 70.0 Å². The number of para-hydroxylation sites is 2. The Bertz CT molecular complexity index is 1760. The Hall–Kier alpha value is -4.50. The molecule has 0 bridgehead atoms. The first kappa shape index (κ1) is 23.9. The standard InChI is InChI=1S/C29H26FN5O3/c1-17(28-32-29(36)38-33-28)27-21-10-8-18(12-19(21)16-37-25-13-20(30)9-11-22(25)27)14-35-24-7-5-4-6-23(24)31-26(35)15-34(2)3/h4-13H,14-16H2,1-3H3,(H,32,33,36). The minimum Gasteiger partial charge on any atom is -0.488 e. The highest BCUT2D eigenvalue weighted by atomic mass is 19.1. The molecule has 0 saturated carbocycles. The minimum absolute atomic E-state index is 0.265. The summed E-state index contributed by atoms with van der Waals surface area (Å²) in [5, 5.41) is 3.88. The van der Waals surface area contributed by atoms with Gasteiger partial charge in [0.25, 0.3) is 0 Å². The van der Waals surface area contributed by atoms with Gasteiger partial charge in [0.1, 0.15) is 24.0 Å². The van der Waals surface area contributed by atoms with Gasteiger partial charge in [0, 0.05) is 23.7 Å². The molecule has 0 unspecified atom stereocenters. The van der Waals surface area contributed by atoms with E-state index in [4.69, 9.17) is 14.2 Å². The summed E-state index contributed by atoms with van der Waals surface area (Å²) in [6, 6.07) is 18.9. The van der Waals surface area contributed by atoms with E-state index in [2.05, 4.69) is 37.8 Å². The number of hydrogen-bond acceptors (Lipinski definition) is 6. The Balaban J connectivity index is 1.47. The van der Waals surface area contributed by atoms with Crippen LogP contribution < -0.4 is 10.5 Å². The highest BCUT2D eigenvalue weighted by molar-refractivity contribution is 5.99. The lowest BCUT2D eigenvalue weighted by atomic mass is 9.89. The van der Waals surface area contributed by atoms with E-state index in [1.54, 1.807) is 6.07 Å². The zero-order chi connectivity index (χ0) is 26.4. The Morgan fingerprint density at radius 1 is 1.11 bits per heavy atom. The first-order chi connectivity index (χ1) is 18.4. The summed E-state index contributed by atoms with van der Waals surface area (Å²) in [6.07, 6.45) is 0. The monoisotopic (exact) mass is 511 g/mol. The van der Waals surface area contributed by atoms with Crippen molar-refractivity contribution in [3.8, 4) is 5.75 Å². The third-order valence-electron chi connectivity index (χ3n) is 6.74. The minimum atomic E-state index is -0.638. The number of nitrogens with zero attached hydrogens (tertiary/aromatic N) is 4. The molecule has 8 nitrogen and oxygen atoms in total. The van der Waals surface area contributed by atoms with Gasteiger partial charge in [-0.3, -0.25) is 9.51 Å². The van der Waals surface area contributed by atoms with E-state index in [9.17, 15) is 9.18 Å². The molecule has 1 aliphatic rings. The number of aromatic nitrogens is 4. The second kappa shape index (κ2) is 9.42. The van der Waals surface area contributed by atoms with Crippen LogP contribution in [-0.2, 0) is 19.7 Å². The number of fused-ring (bicyclic) bond motifs is 3. The van der Waals surface area contributed by atoms with E-state index >= 15 is 0 Å². The van der Waals surface area contributed by atoms with Crippen molar-refractivity contribution in [3.05, 3.63) is 111 Å². The predicted octanol–water partition coefficient (Wildman–Crippen LogP) is 4.83. The Morgan fingerprint density at radius 3 is 2.71 bits per heavy atom. The summed E-state index contributed by atoms with van der Waals surface area (Å²) in [4.78, 5) is 21.3. The lowest BCUT2D eigenvalue weighted by Gasteiger charge is -2.16. The van der Waals surface area contributed by atoms with Gasteiger partial charge in [0.05, 0.1) is 17.6 Å². The second-order valence-corrected chi connectivity index (χ2v) is 9.70. The maximum absolute atomic E-state index is 14.2. The number of aromatic amines is 1. The van der Waals surface area contributed by atoms with Gasteiger partial charge in [-0.1, -0.05) is 29.4 Å². The number of ether oxygens (including phenoxy) is 1. The zero-order valence-corrected chi connectivity index (χ0v) is 21.3. The molecule has 0 radical (unpaired) electrons. The third-order valence-corrected chi connectivity index (χ3v) is 6.74. The molecule has 0 spiro atoms. The van der Waals surface area contributed by atoms with Crippen LogP contribution >= 0.6 is 0 Å². The molecule has 5 aromatic rings. The van der Waals surface area contributed by atoms with Crippen molar-refractivity contribution < 1.29 is 13.7 Å². The zero-order valence-electron chi connectivity index (χ0n) is 21.3. The van der Waals surface area contributed by atoms with Gasteiger partial charge < -0.3 is 14.2 Å². The average molecular weight is 512 g/mol. The van der Waals surface area contributed by atoms with Crippen LogP contribution in [0.25, 0.3) is 22.2 Å². The van der Waals surface area contributed by atoms with Crippen LogP contribution in [0.1, 0.15) is 40.8 Å². The highest BCUT2D eigenvalue weighted by Crippen LogP contribution is 2.41. The van der Waals surface area contributed by atoms with E-state index < -0.39 is 5.76 Å². The molecule has 0 saturated heterocycles. The predicted molar refractivity (Wildman–Crippen MR) is 142 cm³/mol. The molecular formula is C29H26FN5O3. The van der Waals surface area contributed by atoms with Crippen molar-refractivity contribution >= 4 is 22.2 Å². The van der Waals surface area contributed by atoms with Crippen molar-refractivity contribution in [1.82, 2.24) is 24.6 Å². The molecule has 9 heteroatoms. The van der Waals surface area contributed by atoms with Crippen LogP contribution in [0.5, 0.6) is 5.75 Å². The second-order valence-electron chi connectivity index (χ2n) is 9.70. The van der Waals surface area contributed by atoms with Crippen LogP contribution in [0.3, 0.4) is 0 Å². The SMILES string of the molecule is CC(=C1c2ccc(Cn3c(CN(C)C)nc4ccccc43)cc2COc2cc(F)ccc21)c1noc(=O)[nH]1. The van der Waals surface area contributed by atoms with Crippen molar-refractivity contribution in [2.24, 2.45) is 0 Å². The quantitative estimate of drug-likeness (QED) is 0.364. The number of nitrogens with one attached hydrogen (secondary N) is 1. The lowest BCUT2D eigenvalue weighted by Crippen LogP contribution is -2.16. The van der Waals surface area contributed by atoms with Gasteiger partial charge in [-0.2, -0.15) is 0 Å². The molecule has 0 atom stereocenters. The maximum atomic E-state index is 14.2. The van der Waals surface area contributed by atoms with Crippen molar-refractivity contribution in [1.29, 1.82) is 0 Å². The van der Waals surface area contributed by atoms with Crippen LogP contribution in [0.2, 0.25) is 0 Å². The number of halogens is 1. The number of rotatable bonds is 5. The average Bonchev–Trinajstić information content (AvgIpc) is 3.43. The van der Waals surface area contributed by atoms with Gasteiger partial charge in [-0.25, -0.2) is 14.2 Å². The van der Waals surface area contributed by atoms with Gasteiger partial charge >= 0.3 is 5.76 Å². The smallest absolute Gasteiger partial charge is 0.439 e. The summed E-state index contributed by atoms with van der Waals surface area (Å²) in [5.74, 6) is 0.701. The lowest BCUT2D eigenvalue weighted by molar-refractivity contribution is 0.305. The first-order valence-corrected chi connectivity index (χ1v) is 12.3. The Labute approximate surface area is 218 Å². The number of allylic oxidation sites excluding steroid dienone is 1. The largest absolute Gasteiger partial charge is 0.488 e. The summed E-state index contributed by atoms with van der Waals surface area (Å²) in [6.45, 7) is 3.46. The van der Waals surface area contributed by atoms with Crippen molar-refractivity contribution in [2.45, 2.75) is 26.6 Å². The molecular weight excluding hydrogens is 485 g/mol. The normalized spacial score (nSPS) is 14.2. The fourth-order valence-electron chi connectivity index (χ4n) is 5.03. The number of H-pyrrole nitrogens is 1. The molecule has 38 heavy (non-hydrogen) atoms. The highest BCUT2D eigenvalue weighted by Gasteiger charge is 2.24. The molecule has 1 N–H and O–H groups in total. The summed E-state index contributed by atoms with van der Waals surface area (Å²) in [7, 11) is 4.06. The Morgan fingerprint density at radius 2 is 1.92 bits per heavy atom. The molecule has 1 aliphatic heterocycles.